The molecule has 0 saturated heterocycles. The van der Waals surface area contributed by atoms with E-state index in [1.165, 1.54) is 32.8 Å². The van der Waals surface area contributed by atoms with Crippen LogP contribution in [0.2, 0.25) is 0 Å². The number of rotatable bonds is 4. The molecule has 0 spiro atoms. The SMILES string of the molecule is C=Cc1c(/C=C\C)c(-c2ccc3ccncc3c2)c2ccccc2c1-c1ccc(C#Cc2ccccc2)cc1. The van der Waals surface area contributed by atoms with E-state index in [0.29, 0.717) is 0 Å². The maximum Gasteiger partial charge on any atom is 0.0346 e. The van der Waals surface area contributed by atoms with Gasteiger partial charge in [0.05, 0.1) is 0 Å². The summed E-state index contributed by atoms with van der Waals surface area (Å²) in [4.78, 5) is 4.35. The van der Waals surface area contributed by atoms with Crippen LogP contribution in [-0.2, 0) is 0 Å². The fraction of sp³-hybridized carbons (Fsp3) is 0.0263. The number of hydrogen-bond acceptors (Lipinski definition) is 1. The molecule has 5 aromatic carbocycles. The Morgan fingerprint density at radius 1 is 0.641 bits per heavy atom. The molecule has 1 heteroatoms. The summed E-state index contributed by atoms with van der Waals surface area (Å²) in [7, 11) is 0. The lowest BCUT2D eigenvalue weighted by Crippen LogP contribution is -1.96. The minimum absolute atomic E-state index is 0.988. The van der Waals surface area contributed by atoms with Gasteiger partial charge in [-0.25, -0.2) is 0 Å². The van der Waals surface area contributed by atoms with Gasteiger partial charge in [0.1, 0.15) is 0 Å². The number of allylic oxidation sites excluding steroid dienone is 1. The summed E-state index contributed by atoms with van der Waals surface area (Å²) in [6.45, 7) is 6.33. The Balaban J connectivity index is 1.56. The summed E-state index contributed by atoms with van der Waals surface area (Å²) in [5.74, 6) is 6.55. The number of aromatic nitrogens is 1. The number of nitrogens with zero attached hydrogens (tertiary/aromatic N) is 1. The molecule has 0 unspecified atom stereocenters. The van der Waals surface area contributed by atoms with E-state index in [2.05, 4.69) is 115 Å². The van der Waals surface area contributed by atoms with Crippen LogP contribution >= 0.6 is 0 Å². The van der Waals surface area contributed by atoms with Crippen molar-refractivity contribution in [2.24, 2.45) is 0 Å². The van der Waals surface area contributed by atoms with E-state index < -0.39 is 0 Å². The second-order valence-corrected chi connectivity index (χ2v) is 9.46. The fourth-order valence-electron chi connectivity index (χ4n) is 5.28. The van der Waals surface area contributed by atoms with Crippen molar-refractivity contribution >= 4 is 33.7 Å². The lowest BCUT2D eigenvalue weighted by atomic mass is 9.83. The van der Waals surface area contributed by atoms with Gasteiger partial charge in [0.2, 0.25) is 0 Å². The maximum atomic E-state index is 4.35. The maximum absolute atomic E-state index is 4.35. The lowest BCUT2D eigenvalue weighted by molar-refractivity contribution is 1.36. The first-order chi connectivity index (χ1) is 19.3. The highest BCUT2D eigenvalue weighted by Gasteiger charge is 2.19. The second kappa shape index (κ2) is 10.7. The first-order valence-electron chi connectivity index (χ1n) is 13.1. The van der Waals surface area contributed by atoms with E-state index in [-0.39, 0.29) is 0 Å². The third-order valence-electron chi connectivity index (χ3n) is 7.06. The van der Waals surface area contributed by atoms with Crippen LogP contribution in [0.4, 0.5) is 0 Å². The van der Waals surface area contributed by atoms with Crippen LogP contribution in [-0.4, -0.2) is 4.98 Å². The van der Waals surface area contributed by atoms with Gasteiger partial charge in [-0.05, 0) is 92.9 Å². The number of benzene rings is 5. The molecule has 184 valence electrons. The average Bonchev–Trinajstić information content (AvgIpc) is 3.00. The number of pyridine rings is 1. The van der Waals surface area contributed by atoms with Gasteiger partial charge in [-0.2, -0.15) is 0 Å². The topological polar surface area (TPSA) is 12.9 Å². The summed E-state index contributed by atoms with van der Waals surface area (Å²) in [6, 6.07) is 36.0. The molecule has 6 aromatic rings. The van der Waals surface area contributed by atoms with Gasteiger partial charge in [0.15, 0.2) is 0 Å². The summed E-state index contributed by atoms with van der Waals surface area (Å²) < 4.78 is 0. The largest absolute Gasteiger partial charge is 0.264 e. The molecule has 0 atom stereocenters. The molecular weight excluding hydrogens is 470 g/mol. The van der Waals surface area contributed by atoms with Crippen molar-refractivity contribution in [2.45, 2.75) is 6.92 Å². The Labute approximate surface area is 229 Å². The normalized spacial score (nSPS) is 11.0. The summed E-state index contributed by atoms with van der Waals surface area (Å²) in [5.41, 5.74) is 8.99. The molecule has 0 aliphatic rings. The first kappa shape index (κ1) is 24.2. The Bertz CT molecular complexity index is 1910. The number of fused-ring (bicyclic) bond motifs is 2. The zero-order valence-corrected chi connectivity index (χ0v) is 21.9. The van der Waals surface area contributed by atoms with E-state index in [0.717, 1.165) is 33.2 Å². The van der Waals surface area contributed by atoms with Crippen molar-refractivity contribution in [3.8, 4) is 34.1 Å². The molecule has 0 bridgehead atoms. The first-order valence-corrected chi connectivity index (χ1v) is 13.1. The molecule has 1 aromatic heterocycles. The van der Waals surface area contributed by atoms with Crippen molar-refractivity contribution in [3.05, 3.63) is 150 Å². The Morgan fingerprint density at radius 3 is 1.97 bits per heavy atom. The summed E-state index contributed by atoms with van der Waals surface area (Å²) >= 11 is 0. The van der Waals surface area contributed by atoms with Crippen molar-refractivity contribution in [2.75, 3.05) is 0 Å². The zero-order chi connectivity index (χ0) is 26.6. The Hall–Kier alpha value is -5.19. The van der Waals surface area contributed by atoms with Gasteiger partial charge in [0.25, 0.3) is 0 Å². The standard InChI is InChI=1S/C38H27N/c1-3-10-34-33(4-2)37(30-19-17-28(18-20-30)16-15-27-11-6-5-7-12-27)35-13-8-9-14-36(35)38(34)31-22-21-29-23-24-39-26-32(29)25-31/h3-14,17-26H,2H2,1H3/b10-3-. The van der Waals surface area contributed by atoms with Crippen molar-refractivity contribution in [1.29, 1.82) is 0 Å². The highest BCUT2D eigenvalue weighted by atomic mass is 14.6. The van der Waals surface area contributed by atoms with E-state index in [1.54, 1.807) is 0 Å². The highest BCUT2D eigenvalue weighted by molar-refractivity contribution is 6.12. The van der Waals surface area contributed by atoms with E-state index in [9.17, 15) is 0 Å². The van der Waals surface area contributed by atoms with Crippen molar-refractivity contribution < 1.29 is 0 Å². The summed E-state index contributed by atoms with van der Waals surface area (Å²) in [5, 5.41) is 4.72. The van der Waals surface area contributed by atoms with Crippen LogP contribution in [0.15, 0.2) is 128 Å². The highest BCUT2D eigenvalue weighted by Crippen LogP contribution is 2.43. The average molecular weight is 498 g/mol. The van der Waals surface area contributed by atoms with Gasteiger partial charge in [-0.1, -0.05) is 103 Å². The second-order valence-electron chi connectivity index (χ2n) is 9.46. The molecule has 1 nitrogen and oxygen atoms in total. The molecule has 0 saturated carbocycles. The molecule has 6 rings (SSSR count). The van der Waals surface area contributed by atoms with Crippen LogP contribution < -0.4 is 0 Å². The zero-order valence-electron chi connectivity index (χ0n) is 21.9. The van der Waals surface area contributed by atoms with Crippen LogP contribution in [0, 0.1) is 11.8 Å². The molecular formula is C38H27N. The molecule has 0 amide bonds. The Kier molecular flexibility index (Phi) is 6.60. The van der Waals surface area contributed by atoms with Gasteiger partial charge in [-0.3, -0.25) is 4.98 Å². The minimum Gasteiger partial charge on any atom is -0.264 e. The predicted molar refractivity (Wildman–Crippen MR) is 167 cm³/mol. The Morgan fingerprint density at radius 2 is 1.28 bits per heavy atom. The third kappa shape index (κ3) is 4.65. The smallest absolute Gasteiger partial charge is 0.0346 e. The quantitative estimate of drug-likeness (QED) is 0.221. The molecule has 39 heavy (non-hydrogen) atoms. The van der Waals surface area contributed by atoms with Crippen LogP contribution in [0.25, 0.3) is 56.0 Å². The van der Waals surface area contributed by atoms with Crippen LogP contribution in [0.5, 0.6) is 0 Å². The summed E-state index contributed by atoms with van der Waals surface area (Å²) in [6.07, 6.45) is 10.1. The molecule has 1 heterocycles. The lowest BCUT2D eigenvalue weighted by Gasteiger charge is -2.20. The van der Waals surface area contributed by atoms with Gasteiger partial charge in [0, 0.05) is 28.9 Å². The van der Waals surface area contributed by atoms with Crippen molar-refractivity contribution in [1.82, 2.24) is 4.98 Å². The monoisotopic (exact) mass is 497 g/mol. The molecule has 0 aliphatic heterocycles. The van der Waals surface area contributed by atoms with Gasteiger partial charge in [-0.15, -0.1) is 0 Å². The molecule has 0 radical (unpaired) electrons. The van der Waals surface area contributed by atoms with Crippen LogP contribution in [0.1, 0.15) is 29.2 Å². The van der Waals surface area contributed by atoms with E-state index in [1.807, 2.05) is 48.8 Å². The molecule has 0 aliphatic carbocycles. The van der Waals surface area contributed by atoms with Crippen molar-refractivity contribution in [3.63, 3.8) is 0 Å². The third-order valence-corrected chi connectivity index (χ3v) is 7.06. The van der Waals surface area contributed by atoms with Gasteiger partial charge >= 0.3 is 0 Å². The number of hydrogen-bond donors (Lipinski definition) is 0. The van der Waals surface area contributed by atoms with E-state index >= 15 is 0 Å². The van der Waals surface area contributed by atoms with Crippen LogP contribution in [0.3, 0.4) is 0 Å². The van der Waals surface area contributed by atoms with Gasteiger partial charge < -0.3 is 0 Å². The van der Waals surface area contributed by atoms with E-state index in [4.69, 9.17) is 0 Å². The predicted octanol–water partition coefficient (Wildman–Crippen LogP) is 9.80. The molecule has 0 N–H and O–H groups in total. The minimum atomic E-state index is 0.988. The molecule has 0 fully saturated rings. The fourth-order valence-corrected chi connectivity index (χ4v) is 5.28.